The van der Waals surface area contributed by atoms with Gasteiger partial charge in [0.15, 0.2) is 0 Å². The summed E-state index contributed by atoms with van der Waals surface area (Å²) in [5.74, 6) is -0.833. The van der Waals surface area contributed by atoms with Gasteiger partial charge in [-0.15, -0.1) is 0 Å². The van der Waals surface area contributed by atoms with Gasteiger partial charge >= 0.3 is 5.97 Å². The van der Waals surface area contributed by atoms with Gasteiger partial charge in [-0.05, 0) is 6.42 Å². The van der Waals surface area contributed by atoms with Crippen LogP contribution < -0.4 is 0 Å². The lowest BCUT2D eigenvalue weighted by atomic mass is 9.76. The van der Waals surface area contributed by atoms with E-state index in [0.29, 0.717) is 12.0 Å². The predicted octanol–water partition coefficient (Wildman–Crippen LogP) is -1.04. The highest BCUT2D eigenvalue weighted by Crippen LogP contribution is 2.36. The highest BCUT2D eigenvalue weighted by Gasteiger charge is 2.47. The maximum atomic E-state index is 11.2. The molecule has 0 aromatic rings. The van der Waals surface area contributed by atoms with Gasteiger partial charge in [0, 0.05) is 17.9 Å². The quantitative estimate of drug-likeness (QED) is 0.354. The lowest BCUT2D eigenvalue weighted by Gasteiger charge is -2.43. The van der Waals surface area contributed by atoms with Crippen LogP contribution in [-0.4, -0.2) is 45.7 Å². The Labute approximate surface area is 87.0 Å². The van der Waals surface area contributed by atoms with Crippen LogP contribution in [0.3, 0.4) is 0 Å². The number of aliphatic hydroxyl groups excluding tert-OH is 3. The molecule has 5 heteroatoms. The van der Waals surface area contributed by atoms with Crippen LogP contribution in [0.5, 0.6) is 0 Å². The molecular formula is C10H14O5. The Morgan fingerprint density at radius 1 is 1.27 bits per heavy atom. The van der Waals surface area contributed by atoms with Crippen molar-refractivity contribution < 1.29 is 24.9 Å². The number of aliphatic hydroxyl groups is 3. The molecule has 1 saturated carbocycles. The Morgan fingerprint density at radius 3 is 2.60 bits per heavy atom. The number of rotatable bonds is 0. The molecule has 1 aliphatic heterocycles. The zero-order valence-corrected chi connectivity index (χ0v) is 8.17. The largest absolute Gasteiger partial charge is 0.459 e. The van der Waals surface area contributed by atoms with Gasteiger partial charge in [0.25, 0.3) is 0 Å². The van der Waals surface area contributed by atoms with Crippen molar-refractivity contribution >= 4 is 5.97 Å². The number of ether oxygens (including phenoxy) is 1. The molecule has 2 fully saturated rings. The standard InChI is InChI=1S/C10H14O5/c1-4-2-5-7(15-10(4)14)3-6(11)9(13)8(5)12/h5-9,11-13H,1-3H2. The van der Waals surface area contributed by atoms with E-state index in [4.69, 9.17) is 4.74 Å². The number of carbonyl (C=O) groups is 1. The molecule has 5 nitrogen and oxygen atoms in total. The Balaban J connectivity index is 2.17. The molecule has 0 spiro atoms. The maximum Gasteiger partial charge on any atom is 0.333 e. The van der Waals surface area contributed by atoms with Crippen molar-refractivity contribution in [3.63, 3.8) is 0 Å². The van der Waals surface area contributed by atoms with Crippen LogP contribution in [0.25, 0.3) is 0 Å². The summed E-state index contributed by atoms with van der Waals surface area (Å²) >= 11 is 0. The fourth-order valence-corrected chi connectivity index (χ4v) is 2.23. The highest BCUT2D eigenvalue weighted by molar-refractivity contribution is 5.88. The zero-order valence-electron chi connectivity index (χ0n) is 8.17. The molecule has 3 N–H and O–H groups in total. The van der Waals surface area contributed by atoms with Crippen molar-refractivity contribution in [2.75, 3.05) is 0 Å². The molecule has 15 heavy (non-hydrogen) atoms. The van der Waals surface area contributed by atoms with Crippen molar-refractivity contribution in [3.05, 3.63) is 12.2 Å². The summed E-state index contributed by atoms with van der Waals surface area (Å²) in [7, 11) is 0. The van der Waals surface area contributed by atoms with E-state index in [0.717, 1.165) is 0 Å². The molecule has 0 aromatic heterocycles. The van der Waals surface area contributed by atoms with E-state index < -0.39 is 30.4 Å². The summed E-state index contributed by atoms with van der Waals surface area (Å²) in [6, 6.07) is 0. The van der Waals surface area contributed by atoms with Gasteiger partial charge in [0.1, 0.15) is 12.2 Å². The lowest BCUT2D eigenvalue weighted by molar-refractivity contribution is -0.184. The van der Waals surface area contributed by atoms with Crippen LogP contribution in [-0.2, 0) is 9.53 Å². The Bertz CT molecular complexity index is 300. The van der Waals surface area contributed by atoms with Gasteiger partial charge in [-0.3, -0.25) is 0 Å². The van der Waals surface area contributed by atoms with E-state index in [1.54, 1.807) is 0 Å². The first kappa shape index (κ1) is 10.6. The summed E-state index contributed by atoms with van der Waals surface area (Å²) in [5, 5.41) is 28.6. The van der Waals surface area contributed by atoms with E-state index in [1.165, 1.54) is 0 Å². The molecule has 2 rings (SSSR count). The first-order valence-corrected chi connectivity index (χ1v) is 4.93. The van der Waals surface area contributed by atoms with Crippen molar-refractivity contribution in [1.29, 1.82) is 0 Å². The molecular weight excluding hydrogens is 200 g/mol. The smallest absolute Gasteiger partial charge is 0.333 e. The second-order valence-electron chi connectivity index (χ2n) is 4.20. The first-order chi connectivity index (χ1) is 7.00. The Kier molecular flexibility index (Phi) is 2.54. The minimum absolute atomic E-state index is 0.169. The fourth-order valence-electron chi connectivity index (χ4n) is 2.23. The van der Waals surface area contributed by atoms with Crippen LogP contribution >= 0.6 is 0 Å². The third-order valence-electron chi connectivity index (χ3n) is 3.16. The zero-order chi connectivity index (χ0) is 11.2. The summed E-state index contributed by atoms with van der Waals surface area (Å²) in [4.78, 5) is 11.2. The van der Waals surface area contributed by atoms with E-state index in [9.17, 15) is 20.1 Å². The minimum atomic E-state index is -1.17. The molecule has 0 amide bonds. The fraction of sp³-hybridized carbons (Fsp3) is 0.700. The van der Waals surface area contributed by atoms with E-state index in [1.807, 2.05) is 0 Å². The van der Waals surface area contributed by atoms with Gasteiger partial charge in [0.2, 0.25) is 0 Å². The monoisotopic (exact) mass is 214 g/mol. The SMILES string of the molecule is C=C1CC2C(CC(O)C(O)C2O)OC1=O. The van der Waals surface area contributed by atoms with E-state index in [-0.39, 0.29) is 12.3 Å². The van der Waals surface area contributed by atoms with Crippen LogP contribution in [0.15, 0.2) is 12.2 Å². The highest BCUT2D eigenvalue weighted by atomic mass is 16.5. The summed E-state index contributed by atoms with van der Waals surface area (Å²) in [6.07, 6.45) is -3.31. The third-order valence-corrected chi connectivity index (χ3v) is 3.16. The lowest BCUT2D eigenvalue weighted by Crippen LogP contribution is -2.55. The molecule has 84 valence electrons. The summed E-state index contributed by atoms with van der Waals surface area (Å²) in [6.45, 7) is 3.53. The molecule has 1 heterocycles. The number of fused-ring (bicyclic) bond motifs is 1. The van der Waals surface area contributed by atoms with Gasteiger partial charge < -0.3 is 20.1 Å². The van der Waals surface area contributed by atoms with E-state index in [2.05, 4.69) is 6.58 Å². The molecule has 2 aliphatic rings. The summed E-state index contributed by atoms with van der Waals surface area (Å²) < 4.78 is 5.02. The molecule has 1 saturated heterocycles. The molecule has 0 bridgehead atoms. The Hall–Kier alpha value is -0.910. The van der Waals surface area contributed by atoms with Crippen LogP contribution in [0, 0.1) is 5.92 Å². The molecule has 5 atom stereocenters. The second kappa shape index (κ2) is 3.59. The minimum Gasteiger partial charge on any atom is -0.459 e. The number of esters is 1. The molecule has 0 radical (unpaired) electrons. The third kappa shape index (κ3) is 1.67. The van der Waals surface area contributed by atoms with Crippen molar-refractivity contribution in [1.82, 2.24) is 0 Å². The average molecular weight is 214 g/mol. The number of hydrogen-bond donors (Lipinski definition) is 3. The first-order valence-electron chi connectivity index (χ1n) is 4.93. The predicted molar refractivity (Wildman–Crippen MR) is 49.8 cm³/mol. The summed E-state index contributed by atoms with van der Waals surface area (Å²) in [5.41, 5.74) is 0.305. The molecule has 5 unspecified atom stereocenters. The maximum absolute atomic E-state index is 11.2. The number of hydrogen-bond acceptors (Lipinski definition) is 5. The topological polar surface area (TPSA) is 87.0 Å². The van der Waals surface area contributed by atoms with Crippen LogP contribution in [0.4, 0.5) is 0 Å². The second-order valence-corrected chi connectivity index (χ2v) is 4.20. The van der Waals surface area contributed by atoms with E-state index >= 15 is 0 Å². The molecule has 1 aliphatic carbocycles. The van der Waals surface area contributed by atoms with Crippen molar-refractivity contribution in [3.8, 4) is 0 Å². The number of carbonyl (C=O) groups excluding carboxylic acids is 1. The van der Waals surface area contributed by atoms with Crippen LogP contribution in [0.1, 0.15) is 12.8 Å². The van der Waals surface area contributed by atoms with Gasteiger partial charge in [0.05, 0.1) is 12.2 Å². The van der Waals surface area contributed by atoms with Crippen molar-refractivity contribution in [2.45, 2.75) is 37.3 Å². The van der Waals surface area contributed by atoms with Crippen LogP contribution in [0.2, 0.25) is 0 Å². The van der Waals surface area contributed by atoms with Gasteiger partial charge in [-0.1, -0.05) is 6.58 Å². The van der Waals surface area contributed by atoms with Crippen molar-refractivity contribution in [2.24, 2.45) is 5.92 Å². The average Bonchev–Trinajstić information content (AvgIpc) is 2.19. The van der Waals surface area contributed by atoms with Gasteiger partial charge in [-0.25, -0.2) is 4.79 Å². The van der Waals surface area contributed by atoms with Gasteiger partial charge in [-0.2, -0.15) is 0 Å². The molecule has 0 aromatic carbocycles. The normalized spacial score (nSPS) is 45.9. The Morgan fingerprint density at radius 2 is 1.93 bits per heavy atom.